The minimum atomic E-state index is -0.532. The fourth-order valence-corrected chi connectivity index (χ4v) is 2.07. The molecule has 1 rings (SSSR count). The standard InChI is InChI=1S/C12H14BrClFNO/c1-8(5-6-14)7-16-12(17)9-3-2-4-10(13)11(9)15/h2-4,8H,5-7H2,1H3,(H,16,17). The summed E-state index contributed by atoms with van der Waals surface area (Å²) in [6.07, 6.45) is 0.822. The molecule has 5 heteroatoms. The van der Waals surface area contributed by atoms with E-state index in [0.29, 0.717) is 16.9 Å². The predicted octanol–water partition coefficient (Wildman–Crippen LogP) is 3.58. The highest BCUT2D eigenvalue weighted by Gasteiger charge is 2.14. The number of carbonyl (C=O) groups is 1. The monoisotopic (exact) mass is 321 g/mol. The van der Waals surface area contributed by atoms with Crippen molar-refractivity contribution < 1.29 is 9.18 Å². The molecule has 0 saturated heterocycles. The van der Waals surface area contributed by atoms with E-state index in [-0.39, 0.29) is 11.5 Å². The van der Waals surface area contributed by atoms with Crippen molar-refractivity contribution in [1.29, 1.82) is 0 Å². The van der Waals surface area contributed by atoms with Gasteiger partial charge in [0.2, 0.25) is 0 Å². The summed E-state index contributed by atoms with van der Waals surface area (Å²) in [5, 5.41) is 2.69. The average molecular weight is 323 g/mol. The zero-order valence-corrected chi connectivity index (χ0v) is 11.8. The van der Waals surface area contributed by atoms with Gasteiger partial charge in [-0.25, -0.2) is 4.39 Å². The van der Waals surface area contributed by atoms with Crippen LogP contribution in [0.5, 0.6) is 0 Å². The van der Waals surface area contributed by atoms with Crippen LogP contribution in [0.2, 0.25) is 0 Å². The van der Waals surface area contributed by atoms with Gasteiger partial charge in [-0.15, -0.1) is 11.6 Å². The Morgan fingerprint density at radius 1 is 1.59 bits per heavy atom. The lowest BCUT2D eigenvalue weighted by Gasteiger charge is -2.11. The SMILES string of the molecule is CC(CCCl)CNC(=O)c1cccc(Br)c1F. The Hall–Kier alpha value is -0.610. The number of amides is 1. The molecule has 1 aromatic rings. The van der Waals surface area contributed by atoms with Gasteiger partial charge in [0.15, 0.2) is 0 Å². The molecule has 1 aromatic carbocycles. The first-order chi connectivity index (χ1) is 8.06. The van der Waals surface area contributed by atoms with Gasteiger partial charge in [-0.3, -0.25) is 4.79 Å². The van der Waals surface area contributed by atoms with Crippen molar-refractivity contribution in [1.82, 2.24) is 5.32 Å². The normalized spacial score (nSPS) is 12.2. The largest absolute Gasteiger partial charge is 0.352 e. The second-order valence-corrected chi connectivity index (χ2v) is 5.13. The third kappa shape index (κ3) is 4.28. The molecule has 1 unspecified atom stereocenters. The molecule has 0 heterocycles. The fourth-order valence-electron chi connectivity index (χ4n) is 1.33. The number of rotatable bonds is 5. The molecule has 0 saturated carbocycles. The highest BCUT2D eigenvalue weighted by Crippen LogP contribution is 2.18. The van der Waals surface area contributed by atoms with E-state index in [2.05, 4.69) is 21.2 Å². The molecule has 0 spiro atoms. The minimum absolute atomic E-state index is 0.0532. The molecule has 0 aliphatic rings. The molecule has 2 nitrogen and oxygen atoms in total. The zero-order valence-electron chi connectivity index (χ0n) is 9.47. The van der Waals surface area contributed by atoms with Gasteiger partial charge in [-0.05, 0) is 40.4 Å². The lowest BCUT2D eigenvalue weighted by Crippen LogP contribution is -2.29. The molecule has 0 aliphatic heterocycles. The second-order valence-electron chi connectivity index (χ2n) is 3.89. The van der Waals surface area contributed by atoms with Crippen molar-refractivity contribution in [2.45, 2.75) is 13.3 Å². The van der Waals surface area contributed by atoms with Gasteiger partial charge >= 0.3 is 0 Å². The molecule has 0 radical (unpaired) electrons. The quantitative estimate of drug-likeness (QED) is 0.825. The van der Waals surface area contributed by atoms with Gasteiger partial charge in [0, 0.05) is 12.4 Å². The van der Waals surface area contributed by atoms with Crippen molar-refractivity contribution in [2.24, 2.45) is 5.92 Å². The summed E-state index contributed by atoms with van der Waals surface area (Å²) in [5.41, 5.74) is 0.0532. The Morgan fingerprint density at radius 2 is 2.29 bits per heavy atom. The van der Waals surface area contributed by atoms with Crippen molar-refractivity contribution >= 4 is 33.4 Å². The Morgan fingerprint density at radius 3 is 2.94 bits per heavy atom. The van der Waals surface area contributed by atoms with Crippen LogP contribution in [-0.4, -0.2) is 18.3 Å². The van der Waals surface area contributed by atoms with E-state index in [1.165, 1.54) is 6.07 Å². The Kier molecular flexibility index (Phi) is 5.92. The summed E-state index contributed by atoms with van der Waals surface area (Å²) < 4.78 is 13.9. The van der Waals surface area contributed by atoms with Gasteiger partial charge in [0.05, 0.1) is 10.0 Å². The second kappa shape index (κ2) is 6.97. The maximum absolute atomic E-state index is 13.6. The molecule has 0 aliphatic carbocycles. The number of nitrogens with one attached hydrogen (secondary N) is 1. The molecule has 0 aromatic heterocycles. The van der Waals surface area contributed by atoms with E-state index in [4.69, 9.17) is 11.6 Å². The number of carbonyl (C=O) groups excluding carboxylic acids is 1. The topological polar surface area (TPSA) is 29.1 Å². The molecular formula is C12H14BrClFNO. The smallest absolute Gasteiger partial charge is 0.254 e. The van der Waals surface area contributed by atoms with E-state index < -0.39 is 11.7 Å². The third-order valence-electron chi connectivity index (χ3n) is 2.41. The third-order valence-corrected chi connectivity index (χ3v) is 3.24. The first kappa shape index (κ1) is 14.5. The van der Waals surface area contributed by atoms with Gasteiger partial charge in [0.1, 0.15) is 5.82 Å². The van der Waals surface area contributed by atoms with Crippen LogP contribution in [0, 0.1) is 11.7 Å². The van der Waals surface area contributed by atoms with Crippen LogP contribution in [0.1, 0.15) is 23.7 Å². The first-order valence-corrected chi connectivity index (χ1v) is 6.67. The summed E-state index contributed by atoms with van der Waals surface area (Å²) in [6.45, 7) is 2.48. The first-order valence-electron chi connectivity index (χ1n) is 5.34. The summed E-state index contributed by atoms with van der Waals surface area (Å²) in [7, 11) is 0. The minimum Gasteiger partial charge on any atom is -0.352 e. The van der Waals surface area contributed by atoms with E-state index in [0.717, 1.165) is 6.42 Å². The number of hydrogen-bond acceptors (Lipinski definition) is 1. The molecule has 0 fully saturated rings. The van der Waals surface area contributed by atoms with Crippen LogP contribution in [0.15, 0.2) is 22.7 Å². The van der Waals surface area contributed by atoms with Crippen LogP contribution in [-0.2, 0) is 0 Å². The number of halogens is 3. The lowest BCUT2D eigenvalue weighted by atomic mass is 10.1. The zero-order chi connectivity index (χ0) is 12.8. The van der Waals surface area contributed by atoms with Crippen LogP contribution >= 0.6 is 27.5 Å². The predicted molar refractivity (Wildman–Crippen MR) is 70.9 cm³/mol. The number of benzene rings is 1. The van der Waals surface area contributed by atoms with Crippen molar-refractivity contribution in [3.05, 3.63) is 34.1 Å². The highest BCUT2D eigenvalue weighted by atomic mass is 79.9. The molecular weight excluding hydrogens is 308 g/mol. The maximum Gasteiger partial charge on any atom is 0.254 e. The lowest BCUT2D eigenvalue weighted by molar-refractivity contribution is 0.0943. The molecule has 94 valence electrons. The van der Waals surface area contributed by atoms with E-state index in [1.54, 1.807) is 12.1 Å². The summed E-state index contributed by atoms with van der Waals surface area (Å²) in [6, 6.07) is 4.65. The Balaban J connectivity index is 2.61. The molecule has 1 amide bonds. The van der Waals surface area contributed by atoms with E-state index in [1.807, 2.05) is 6.92 Å². The Labute approximate surface area is 114 Å². The van der Waals surface area contributed by atoms with Crippen molar-refractivity contribution in [2.75, 3.05) is 12.4 Å². The number of alkyl halides is 1. The molecule has 1 N–H and O–H groups in total. The van der Waals surface area contributed by atoms with Crippen molar-refractivity contribution in [3.8, 4) is 0 Å². The number of hydrogen-bond donors (Lipinski definition) is 1. The maximum atomic E-state index is 13.6. The average Bonchev–Trinajstić information content (AvgIpc) is 2.30. The summed E-state index contributed by atoms with van der Waals surface area (Å²) in [4.78, 5) is 11.7. The van der Waals surface area contributed by atoms with E-state index in [9.17, 15) is 9.18 Å². The van der Waals surface area contributed by atoms with Gasteiger partial charge in [0.25, 0.3) is 5.91 Å². The molecule has 17 heavy (non-hydrogen) atoms. The molecule has 0 bridgehead atoms. The fraction of sp³-hybridized carbons (Fsp3) is 0.417. The van der Waals surface area contributed by atoms with Gasteiger partial charge < -0.3 is 5.32 Å². The van der Waals surface area contributed by atoms with Gasteiger partial charge in [-0.2, -0.15) is 0 Å². The highest BCUT2D eigenvalue weighted by molar-refractivity contribution is 9.10. The summed E-state index contributed by atoms with van der Waals surface area (Å²) in [5.74, 6) is -0.0886. The van der Waals surface area contributed by atoms with Crippen LogP contribution in [0.25, 0.3) is 0 Å². The van der Waals surface area contributed by atoms with Crippen LogP contribution in [0.3, 0.4) is 0 Å². The van der Waals surface area contributed by atoms with Crippen molar-refractivity contribution in [3.63, 3.8) is 0 Å². The summed E-state index contributed by atoms with van der Waals surface area (Å²) >= 11 is 8.64. The van der Waals surface area contributed by atoms with Crippen LogP contribution < -0.4 is 5.32 Å². The molecule has 1 atom stereocenters. The Bertz CT molecular complexity index is 400. The van der Waals surface area contributed by atoms with Crippen LogP contribution in [0.4, 0.5) is 4.39 Å². The van der Waals surface area contributed by atoms with Gasteiger partial charge in [-0.1, -0.05) is 13.0 Å². The van der Waals surface area contributed by atoms with E-state index >= 15 is 0 Å².